The first-order valence-corrected chi connectivity index (χ1v) is 6.01. The molecule has 2 aromatic carbocycles. The van der Waals surface area contributed by atoms with Crippen LogP contribution in [-0.4, -0.2) is 6.18 Å². The van der Waals surface area contributed by atoms with Gasteiger partial charge >= 0.3 is 6.18 Å². The summed E-state index contributed by atoms with van der Waals surface area (Å²) in [6.45, 7) is 1.79. The predicted molar refractivity (Wildman–Crippen MR) is 68.0 cm³/mol. The van der Waals surface area contributed by atoms with Gasteiger partial charge in [0.2, 0.25) is 0 Å². The van der Waals surface area contributed by atoms with E-state index in [0.29, 0.717) is 5.56 Å². The first-order valence-electron chi connectivity index (χ1n) is 5.57. The fourth-order valence-corrected chi connectivity index (χ4v) is 2.59. The van der Waals surface area contributed by atoms with Crippen LogP contribution in [0.5, 0.6) is 0 Å². The van der Waals surface area contributed by atoms with Crippen LogP contribution in [0.25, 0.3) is 10.8 Å². The molecule has 0 amide bonds. The van der Waals surface area contributed by atoms with Gasteiger partial charge in [-0.3, -0.25) is 0 Å². The molecule has 4 heteroatoms. The van der Waals surface area contributed by atoms with E-state index in [0.717, 1.165) is 16.3 Å². The Morgan fingerprint density at radius 2 is 1.78 bits per heavy atom. The molecule has 0 bridgehead atoms. The molecular formula is C14H12ClF3. The number of hydrogen-bond acceptors (Lipinski definition) is 0. The Bertz CT molecular complexity index is 560. The van der Waals surface area contributed by atoms with Gasteiger partial charge < -0.3 is 0 Å². The first kappa shape index (κ1) is 13.2. The second-order valence-electron chi connectivity index (χ2n) is 4.30. The monoisotopic (exact) mass is 272 g/mol. The maximum Gasteiger partial charge on any atom is 0.390 e. The third-order valence-electron chi connectivity index (χ3n) is 2.91. The van der Waals surface area contributed by atoms with Crippen molar-refractivity contribution in [2.75, 3.05) is 0 Å². The molecule has 0 fully saturated rings. The van der Waals surface area contributed by atoms with Crippen LogP contribution in [0.2, 0.25) is 0 Å². The molecule has 1 atom stereocenters. The van der Waals surface area contributed by atoms with E-state index in [4.69, 9.17) is 11.6 Å². The molecule has 0 aliphatic heterocycles. The largest absolute Gasteiger partial charge is 0.390 e. The second-order valence-corrected chi connectivity index (χ2v) is 4.83. The molecule has 1 unspecified atom stereocenters. The zero-order valence-corrected chi connectivity index (χ0v) is 10.5. The van der Waals surface area contributed by atoms with Crippen LogP contribution in [0.4, 0.5) is 13.2 Å². The average molecular weight is 273 g/mol. The van der Waals surface area contributed by atoms with Crippen molar-refractivity contribution >= 4 is 22.4 Å². The van der Waals surface area contributed by atoms with E-state index in [9.17, 15) is 13.2 Å². The maximum absolute atomic E-state index is 12.4. The number of aryl methyl sites for hydroxylation is 1. The summed E-state index contributed by atoms with van der Waals surface area (Å²) < 4.78 is 37.3. The van der Waals surface area contributed by atoms with E-state index >= 15 is 0 Å². The fourth-order valence-electron chi connectivity index (χ4n) is 2.13. The first-order chi connectivity index (χ1) is 8.38. The topological polar surface area (TPSA) is 0 Å². The quantitative estimate of drug-likeness (QED) is 0.644. The summed E-state index contributed by atoms with van der Waals surface area (Å²) in [5, 5.41) is 0.656. The Balaban J connectivity index is 2.52. The van der Waals surface area contributed by atoms with Crippen LogP contribution >= 0.6 is 11.6 Å². The van der Waals surface area contributed by atoms with Crippen LogP contribution in [0, 0.1) is 6.92 Å². The molecule has 0 aliphatic rings. The van der Waals surface area contributed by atoms with Gasteiger partial charge in [0.15, 0.2) is 0 Å². The molecule has 0 aromatic heterocycles. The van der Waals surface area contributed by atoms with Gasteiger partial charge in [0.05, 0.1) is 11.8 Å². The molecule has 0 N–H and O–H groups in total. The lowest BCUT2D eigenvalue weighted by molar-refractivity contribution is -0.134. The van der Waals surface area contributed by atoms with Gasteiger partial charge in [-0.25, -0.2) is 0 Å². The minimum absolute atomic E-state index is 0.576. The molecule has 0 heterocycles. The van der Waals surface area contributed by atoms with Gasteiger partial charge in [-0.1, -0.05) is 36.4 Å². The molecule has 2 rings (SSSR count). The molecule has 2 aromatic rings. The Kier molecular flexibility index (Phi) is 3.53. The molecule has 96 valence electrons. The second kappa shape index (κ2) is 4.81. The molecule has 0 nitrogen and oxygen atoms in total. The highest BCUT2D eigenvalue weighted by molar-refractivity contribution is 6.22. The third-order valence-corrected chi connectivity index (χ3v) is 3.29. The Morgan fingerprint density at radius 3 is 2.44 bits per heavy atom. The SMILES string of the molecule is Cc1ccc2ccccc2c1C(Cl)CC(F)(F)F. The van der Waals surface area contributed by atoms with Crippen LogP contribution in [0.15, 0.2) is 36.4 Å². The van der Waals surface area contributed by atoms with Gasteiger partial charge in [0.25, 0.3) is 0 Å². The lowest BCUT2D eigenvalue weighted by Crippen LogP contribution is -2.11. The van der Waals surface area contributed by atoms with E-state index in [1.165, 1.54) is 0 Å². The summed E-state index contributed by atoms with van der Waals surface area (Å²) in [5.41, 5.74) is 1.37. The highest BCUT2D eigenvalue weighted by Gasteiger charge is 2.32. The molecule has 0 saturated heterocycles. The number of fused-ring (bicyclic) bond motifs is 1. The smallest absolute Gasteiger partial charge is 0.171 e. The Morgan fingerprint density at radius 1 is 1.11 bits per heavy atom. The van der Waals surface area contributed by atoms with Gasteiger partial charge in [-0.2, -0.15) is 13.2 Å². The van der Waals surface area contributed by atoms with E-state index in [1.807, 2.05) is 36.4 Å². The summed E-state index contributed by atoms with van der Waals surface area (Å²) >= 11 is 5.96. The van der Waals surface area contributed by atoms with Crippen molar-refractivity contribution in [3.63, 3.8) is 0 Å². The third kappa shape index (κ3) is 2.78. The van der Waals surface area contributed by atoms with Crippen molar-refractivity contribution in [3.05, 3.63) is 47.5 Å². The number of alkyl halides is 4. The van der Waals surface area contributed by atoms with Gasteiger partial charge in [0.1, 0.15) is 0 Å². The summed E-state index contributed by atoms with van der Waals surface area (Å²) in [4.78, 5) is 0. The molecule has 0 aliphatic carbocycles. The highest BCUT2D eigenvalue weighted by Crippen LogP contribution is 2.38. The van der Waals surface area contributed by atoms with Crippen LogP contribution in [-0.2, 0) is 0 Å². The molecule has 0 saturated carbocycles. The minimum Gasteiger partial charge on any atom is -0.171 e. The predicted octanol–water partition coefficient (Wildman–Crippen LogP) is 5.38. The molecule has 0 radical (unpaired) electrons. The minimum atomic E-state index is -4.25. The Hall–Kier alpha value is -1.22. The van der Waals surface area contributed by atoms with Crippen molar-refractivity contribution in [2.24, 2.45) is 0 Å². The fraction of sp³-hybridized carbons (Fsp3) is 0.286. The molecular weight excluding hydrogens is 261 g/mol. The number of rotatable bonds is 2. The summed E-state index contributed by atoms with van der Waals surface area (Å²) in [6.07, 6.45) is -5.26. The summed E-state index contributed by atoms with van der Waals surface area (Å²) in [6, 6.07) is 11.0. The molecule has 0 spiro atoms. The van der Waals surface area contributed by atoms with Gasteiger partial charge in [-0.05, 0) is 28.8 Å². The molecule has 18 heavy (non-hydrogen) atoms. The van der Waals surface area contributed by atoms with Gasteiger partial charge in [0, 0.05) is 0 Å². The van der Waals surface area contributed by atoms with E-state index < -0.39 is 18.0 Å². The summed E-state index contributed by atoms with van der Waals surface area (Å²) in [7, 11) is 0. The lowest BCUT2D eigenvalue weighted by atomic mass is 9.96. The van der Waals surface area contributed by atoms with Crippen LogP contribution in [0.1, 0.15) is 22.9 Å². The maximum atomic E-state index is 12.4. The highest BCUT2D eigenvalue weighted by atomic mass is 35.5. The van der Waals surface area contributed by atoms with Crippen molar-refractivity contribution in [1.82, 2.24) is 0 Å². The Labute approximate surface area is 108 Å². The normalized spacial score (nSPS) is 13.8. The zero-order chi connectivity index (χ0) is 13.3. The van der Waals surface area contributed by atoms with Crippen LogP contribution < -0.4 is 0 Å². The van der Waals surface area contributed by atoms with Gasteiger partial charge in [-0.15, -0.1) is 11.6 Å². The van der Waals surface area contributed by atoms with Crippen LogP contribution in [0.3, 0.4) is 0 Å². The standard InChI is InChI=1S/C14H12ClF3/c1-9-6-7-10-4-2-3-5-11(10)13(9)12(15)8-14(16,17)18/h2-7,12H,8H2,1H3. The van der Waals surface area contributed by atoms with Crippen molar-refractivity contribution in [2.45, 2.75) is 24.9 Å². The van der Waals surface area contributed by atoms with E-state index in [1.54, 1.807) is 6.92 Å². The summed E-state index contributed by atoms with van der Waals surface area (Å²) in [5.74, 6) is 0. The van der Waals surface area contributed by atoms with E-state index in [2.05, 4.69) is 0 Å². The number of halogens is 4. The lowest BCUT2D eigenvalue weighted by Gasteiger charge is -2.17. The zero-order valence-electron chi connectivity index (χ0n) is 9.76. The number of hydrogen-bond donors (Lipinski definition) is 0. The van der Waals surface area contributed by atoms with Crippen molar-refractivity contribution in [3.8, 4) is 0 Å². The number of benzene rings is 2. The average Bonchev–Trinajstić information content (AvgIpc) is 2.26. The van der Waals surface area contributed by atoms with Crippen molar-refractivity contribution < 1.29 is 13.2 Å². The van der Waals surface area contributed by atoms with E-state index in [-0.39, 0.29) is 0 Å². The van der Waals surface area contributed by atoms with Crippen molar-refractivity contribution in [1.29, 1.82) is 0 Å².